The van der Waals surface area contributed by atoms with Crippen LogP contribution in [0.1, 0.15) is 99.8 Å². The third kappa shape index (κ3) is 6.45. The van der Waals surface area contributed by atoms with E-state index in [1.54, 1.807) is 0 Å². The van der Waals surface area contributed by atoms with E-state index in [2.05, 4.69) is 67.0 Å². The molecular weight excluding hydrogens is 290 g/mol. The fourth-order valence-corrected chi connectivity index (χ4v) is 4.21. The first-order valence-corrected chi connectivity index (χ1v) is 10.4. The Balaban J connectivity index is 2.49. The zero-order chi connectivity index (χ0) is 18.5. The van der Waals surface area contributed by atoms with E-state index in [0.29, 0.717) is 11.3 Å². The van der Waals surface area contributed by atoms with Gasteiger partial charge in [0.1, 0.15) is 0 Å². The van der Waals surface area contributed by atoms with Crippen molar-refractivity contribution in [3.05, 3.63) is 12.3 Å². The van der Waals surface area contributed by atoms with Gasteiger partial charge in [-0.05, 0) is 62.7 Å². The van der Waals surface area contributed by atoms with E-state index in [4.69, 9.17) is 0 Å². The lowest BCUT2D eigenvalue weighted by molar-refractivity contribution is 0.0757. The molecule has 1 aliphatic rings. The molecule has 1 saturated carbocycles. The molecule has 0 saturated heterocycles. The molecule has 0 aromatic rings. The molecule has 24 heavy (non-hydrogen) atoms. The van der Waals surface area contributed by atoms with E-state index < -0.39 is 0 Å². The van der Waals surface area contributed by atoms with Crippen LogP contribution in [-0.2, 0) is 0 Å². The lowest BCUT2D eigenvalue weighted by atomic mass is 9.72. The lowest BCUT2D eigenvalue weighted by Crippen LogP contribution is -2.48. The maximum Gasteiger partial charge on any atom is 0.0367 e. The maximum absolute atomic E-state index is 4.48. The Kier molecular flexibility index (Phi) is 7.88. The minimum Gasteiger partial charge on any atom is -0.373 e. The Morgan fingerprint density at radius 3 is 2.08 bits per heavy atom. The first-order chi connectivity index (χ1) is 10.9. The van der Waals surface area contributed by atoms with Gasteiger partial charge in [0, 0.05) is 18.3 Å². The zero-order valence-corrected chi connectivity index (χ0v) is 18.0. The molecule has 0 radical (unpaired) electrons. The lowest BCUT2D eigenvalue weighted by Gasteiger charge is -2.47. The molecule has 1 nitrogen and oxygen atoms in total. The van der Waals surface area contributed by atoms with Crippen LogP contribution in [0, 0.1) is 23.2 Å². The van der Waals surface area contributed by atoms with E-state index in [1.165, 1.54) is 57.1 Å². The molecule has 1 aliphatic carbocycles. The van der Waals surface area contributed by atoms with Gasteiger partial charge in [-0.2, -0.15) is 0 Å². The summed E-state index contributed by atoms with van der Waals surface area (Å²) in [5, 5.41) is 0. The molecular formula is C23H45N. The Labute approximate surface area is 153 Å². The van der Waals surface area contributed by atoms with E-state index in [-0.39, 0.29) is 5.54 Å². The van der Waals surface area contributed by atoms with Crippen LogP contribution >= 0.6 is 0 Å². The number of hydrogen-bond donors (Lipinski definition) is 0. The first kappa shape index (κ1) is 21.6. The van der Waals surface area contributed by atoms with Crippen LogP contribution in [-0.4, -0.2) is 17.5 Å². The molecule has 0 heterocycles. The van der Waals surface area contributed by atoms with Gasteiger partial charge < -0.3 is 4.90 Å². The van der Waals surface area contributed by atoms with Crippen LogP contribution in [0.4, 0.5) is 0 Å². The van der Waals surface area contributed by atoms with Crippen molar-refractivity contribution in [1.82, 2.24) is 4.90 Å². The van der Waals surface area contributed by atoms with Gasteiger partial charge in [-0.3, -0.25) is 0 Å². The number of unbranched alkanes of at least 4 members (excludes halogenated alkanes) is 1. The Hall–Kier alpha value is -0.460. The molecule has 1 fully saturated rings. The predicted octanol–water partition coefficient (Wildman–Crippen LogP) is 7.28. The minimum atomic E-state index is 0.233. The summed E-state index contributed by atoms with van der Waals surface area (Å²) in [7, 11) is 2.28. The summed E-state index contributed by atoms with van der Waals surface area (Å²) in [6.07, 6.45) is 10.8. The molecule has 1 atom stereocenters. The number of nitrogens with zero attached hydrogens (tertiary/aromatic N) is 1. The van der Waals surface area contributed by atoms with Crippen LogP contribution in [0.5, 0.6) is 0 Å². The first-order valence-electron chi connectivity index (χ1n) is 10.4. The summed E-state index contributed by atoms with van der Waals surface area (Å²) in [6.45, 7) is 21.2. The van der Waals surface area contributed by atoms with E-state index in [0.717, 1.165) is 11.8 Å². The Bertz CT molecular complexity index is 379. The Morgan fingerprint density at radius 2 is 1.58 bits per heavy atom. The van der Waals surface area contributed by atoms with Gasteiger partial charge in [-0.1, -0.05) is 66.9 Å². The highest BCUT2D eigenvalue weighted by atomic mass is 15.2. The van der Waals surface area contributed by atoms with E-state index >= 15 is 0 Å². The molecule has 0 amide bonds. The summed E-state index contributed by atoms with van der Waals surface area (Å²) in [4.78, 5) is 2.52. The second-order valence-electron chi connectivity index (χ2n) is 10.4. The van der Waals surface area contributed by atoms with Crippen LogP contribution in [0.2, 0.25) is 0 Å². The summed E-state index contributed by atoms with van der Waals surface area (Å²) >= 11 is 0. The van der Waals surface area contributed by atoms with Crippen molar-refractivity contribution in [2.45, 2.75) is 105 Å². The molecule has 0 aliphatic heterocycles. The van der Waals surface area contributed by atoms with Gasteiger partial charge in [-0.15, -0.1) is 0 Å². The normalized spacial score (nSPS) is 23.8. The van der Waals surface area contributed by atoms with Gasteiger partial charge in [0.15, 0.2) is 0 Å². The smallest absolute Gasteiger partial charge is 0.0367 e. The number of allylic oxidation sites excluding steroid dienone is 1. The molecule has 0 aromatic heterocycles. The summed E-state index contributed by atoms with van der Waals surface area (Å²) in [5.41, 5.74) is 2.04. The molecule has 142 valence electrons. The average Bonchev–Trinajstić information content (AvgIpc) is 2.49. The molecule has 0 spiro atoms. The molecule has 0 N–H and O–H groups in total. The van der Waals surface area contributed by atoms with Crippen molar-refractivity contribution in [1.29, 1.82) is 0 Å². The van der Waals surface area contributed by atoms with Crippen molar-refractivity contribution in [2.24, 2.45) is 23.2 Å². The highest BCUT2D eigenvalue weighted by molar-refractivity contribution is 5.05. The van der Waals surface area contributed by atoms with Gasteiger partial charge in [0.05, 0.1) is 0 Å². The largest absolute Gasteiger partial charge is 0.373 e. The predicted molar refractivity (Wildman–Crippen MR) is 109 cm³/mol. The van der Waals surface area contributed by atoms with Crippen molar-refractivity contribution in [3.63, 3.8) is 0 Å². The molecule has 0 aromatic carbocycles. The monoisotopic (exact) mass is 335 g/mol. The zero-order valence-electron chi connectivity index (χ0n) is 18.0. The third-order valence-corrected chi connectivity index (χ3v) is 6.69. The topological polar surface area (TPSA) is 3.24 Å². The minimum absolute atomic E-state index is 0.233. The highest BCUT2D eigenvalue weighted by Crippen LogP contribution is 2.40. The fraction of sp³-hybridized carbons (Fsp3) is 0.913. The summed E-state index contributed by atoms with van der Waals surface area (Å²) in [5.74, 6) is 2.33. The highest BCUT2D eigenvalue weighted by Gasteiger charge is 2.36. The van der Waals surface area contributed by atoms with Crippen LogP contribution in [0.15, 0.2) is 12.3 Å². The quantitative estimate of drug-likeness (QED) is 0.421. The number of rotatable bonds is 8. The van der Waals surface area contributed by atoms with Crippen LogP contribution in [0.25, 0.3) is 0 Å². The van der Waals surface area contributed by atoms with Crippen LogP contribution in [0.3, 0.4) is 0 Å². The van der Waals surface area contributed by atoms with E-state index in [1.807, 2.05) is 0 Å². The molecule has 0 bridgehead atoms. The van der Waals surface area contributed by atoms with Crippen molar-refractivity contribution in [3.8, 4) is 0 Å². The average molecular weight is 336 g/mol. The molecule has 1 rings (SSSR count). The SMILES string of the molecule is C=C(C(C)CCCCC(C)(C)C)N(C)C(C)(C)C1CCC(C)CC1. The number of hydrogen-bond acceptors (Lipinski definition) is 1. The summed E-state index contributed by atoms with van der Waals surface area (Å²) in [6, 6.07) is 0. The maximum atomic E-state index is 4.48. The Morgan fingerprint density at radius 1 is 1.04 bits per heavy atom. The second kappa shape index (κ2) is 8.77. The van der Waals surface area contributed by atoms with Gasteiger partial charge >= 0.3 is 0 Å². The second-order valence-corrected chi connectivity index (χ2v) is 10.4. The van der Waals surface area contributed by atoms with Crippen molar-refractivity contribution < 1.29 is 0 Å². The van der Waals surface area contributed by atoms with Gasteiger partial charge in [0.25, 0.3) is 0 Å². The standard InChI is InChI=1S/C23H45N/c1-18-13-15-21(16-14-18)23(7,8)24(9)20(3)19(2)12-10-11-17-22(4,5)6/h18-19,21H,3,10-17H2,1-2,4-9H3. The van der Waals surface area contributed by atoms with Gasteiger partial charge in [0.2, 0.25) is 0 Å². The fourth-order valence-electron chi connectivity index (χ4n) is 4.21. The molecule has 1 heteroatoms. The van der Waals surface area contributed by atoms with Crippen LogP contribution < -0.4 is 0 Å². The van der Waals surface area contributed by atoms with E-state index in [9.17, 15) is 0 Å². The van der Waals surface area contributed by atoms with Crippen molar-refractivity contribution in [2.75, 3.05) is 7.05 Å². The summed E-state index contributed by atoms with van der Waals surface area (Å²) < 4.78 is 0. The van der Waals surface area contributed by atoms with Crippen molar-refractivity contribution >= 4 is 0 Å². The molecule has 1 unspecified atom stereocenters. The third-order valence-electron chi connectivity index (χ3n) is 6.69. The van der Waals surface area contributed by atoms with Gasteiger partial charge in [-0.25, -0.2) is 0 Å².